The van der Waals surface area contributed by atoms with Crippen LogP contribution in [0.3, 0.4) is 0 Å². The molecule has 116 valence electrons. The van der Waals surface area contributed by atoms with Gasteiger partial charge in [0.25, 0.3) is 0 Å². The van der Waals surface area contributed by atoms with E-state index in [1.807, 2.05) is 17.8 Å². The molecule has 2 atom stereocenters. The van der Waals surface area contributed by atoms with E-state index in [9.17, 15) is 0 Å². The minimum atomic E-state index is 0.376. The molecular formula is C17H25NO2S. The Balaban J connectivity index is 1.74. The van der Waals surface area contributed by atoms with Crippen molar-refractivity contribution in [1.29, 1.82) is 0 Å². The highest BCUT2D eigenvalue weighted by atomic mass is 32.2. The van der Waals surface area contributed by atoms with Crippen molar-refractivity contribution in [2.24, 2.45) is 5.41 Å². The lowest BCUT2D eigenvalue weighted by atomic mass is 9.87. The third kappa shape index (κ3) is 3.16. The molecule has 1 N–H and O–H groups in total. The van der Waals surface area contributed by atoms with Crippen LogP contribution in [0, 0.1) is 5.41 Å². The molecule has 1 aliphatic carbocycles. The molecule has 0 amide bonds. The maximum Gasteiger partial charge on any atom is 0.162 e. The van der Waals surface area contributed by atoms with Crippen molar-refractivity contribution in [2.45, 2.75) is 49.8 Å². The van der Waals surface area contributed by atoms with Crippen molar-refractivity contribution in [1.82, 2.24) is 5.32 Å². The molecule has 4 heteroatoms. The molecule has 2 aliphatic rings. The first-order chi connectivity index (χ1) is 10.1. The number of hydrogen-bond acceptors (Lipinski definition) is 4. The summed E-state index contributed by atoms with van der Waals surface area (Å²) in [5.74, 6) is 1.77. The summed E-state index contributed by atoms with van der Waals surface area (Å²) >= 11 is 1.98. The van der Waals surface area contributed by atoms with Crippen LogP contribution in [0.1, 0.15) is 33.6 Å². The van der Waals surface area contributed by atoms with Gasteiger partial charge in [-0.1, -0.05) is 20.8 Å². The summed E-state index contributed by atoms with van der Waals surface area (Å²) in [6, 6.07) is 6.90. The van der Waals surface area contributed by atoms with Crippen LogP contribution in [0.25, 0.3) is 0 Å². The van der Waals surface area contributed by atoms with Crippen molar-refractivity contribution in [3.05, 3.63) is 18.2 Å². The Kier molecular flexibility index (Phi) is 4.36. The highest BCUT2D eigenvalue weighted by Gasteiger charge is 2.41. The number of thioether (sulfide) groups is 1. The van der Waals surface area contributed by atoms with Crippen LogP contribution in [-0.4, -0.2) is 31.1 Å². The van der Waals surface area contributed by atoms with Gasteiger partial charge in [0.05, 0.1) is 0 Å². The molecule has 3 rings (SSSR count). The van der Waals surface area contributed by atoms with Gasteiger partial charge in [0.1, 0.15) is 13.2 Å². The quantitative estimate of drug-likeness (QED) is 0.918. The number of rotatable bonds is 4. The predicted molar refractivity (Wildman–Crippen MR) is 87.6 cm³/mol. The summed E-state index contributed by atoms with van der Waals surface area (Å²) in [4.78, 5) is 1.28. The van der Waals surface area contributed by atoms with Gasteiger partial charge in [-0.2, -0.15) is 0 Å². The smallest absolute Gasteiger partial charge is 0.162 e. The lowest BCUT2D eigenvalue weighted by Gasteiger charge is -2.31. The van der Waals surface area contributed by atoms with E-state index in [1.165, 1.54) is 17.7 Å². The lowest BCUT2D eigenvalue weighted by molar-refractivity contribution is 0.171. The summed E-state index contributed by atoms with van der Waals surface area (Å²) in [6.07, 6.45) is 2.55. The van der Waals surface area contributed by atoms with Gasteiger partial charge >= 0.3 is 0 Å². The third-order valence-corrected chi connectivity index (χ3v) is 5.85. The van der Waals surface area contributed by atoms with Crippen molar-refractivity contribution >= 4 is 11.8 Å². The van der Waals surface area contributed by atoms with Crippen molar-refractivity contribution in [3.63, 3.8) is 0 Å². The molecular weight excluding hydrogens is 282 g/mol. The van der Waals surface area contributed by atoms with E-state index in [4.69, 9.17) is 9.47 Å². The average Bonchev–Trinajstić information content (AvgIpc) is 2.75. The van der Waals surface area contributed by atoms with Crippen molar-refractivity contribution in [3.8, 4) is 11.5 Å². The topological polar surface area (TPSA) is 30.5 Å². The van der Waals surface area contributed by atoms with Crippen LogP contribution in [-0.2, 0) is 0 Å². The van der Waals surface area contributed by atoms with Gasteiger partial charge in [0.2, 0.25) is 0 Å². The maximum atomic E-state index is 5.69. The fourth-order valence-corrected chi connectivity index (χ4v) is 4.87. The van der Waals surface area contributed by atoms with Gasteiger partial charge < -0.3 is 14.8 Å². The zero-order valence-corrected chi connectivity index (χ0v) is 14.0. The number of fused-ring (bicyclic) bond motifs is 1. The monoisotopic (exact) mass is 307 g/mol. The Morgan fingerprint density at radius 2 is 2.00 bits per heavy atom. The summed E-state index contributed by atoms with van der Waals surface area (Å²) in [5, 5.41) is 4.32. The van der Waals surface area contributed by atoms with Gasteiger partial charge in [-0.25, -0.2) is 0 Å². The Hall–Kier alpha value is -0.870. The average molecular weight is 307 g/mol. The van der Waals surface area contributed by atoms with Gasteiger partial charge in [0.15, 0.2) is 11.5 Å². The zero-order chi connectivity index (χ0) is 14.9. The molecule has 1 heterocycles. The number of benzene rings is 1. The van der Waals surface area contributed by atoms with Gasteiger partial charge in [-0.15, -0.1) is 11.8 Å². The van der Waals surface area contributed by atoms with E-state index in [0.29, 0.717) is 29.9 Å². The highest BCUT2D eigenvalue weighted by molar-refractivity contribution is 8.00. The zero-order valence-electron chi connectivity index (χ0n) is 13.1. The lowest BCUT2D eigenvalue weighted by Crippen LogP contribution is -2.43. The summed E-state index contributed by atoms with van der Waals surface area (Å²) in [6.45, 7) is 9.29. The molecule has 21 heavy (non-hydrogen) atoms. The molecule has 0 spiro atoms. The second-order valence-electron chi connectivity index (χ2n) is 6.52. The van der Waals surface area contributed by atoms with Crippen LogP contribution in [0.2, 0.25) is 0 Å². The number of hydrogen-bond donors (Lipinski definition) is 1. The molecule has 0 saturated heterocycles. The molecule has 1 fully saturated rings. The Morgan fingerprint density at radius 1 is 1.24 bits per heavy atom. The first-order valence-electron chi connectivity index (χ1n) is 7.90. The minimum Gasteiger partial charge on any atom is -0.486 e. The molecule has 1 aliphatic heterocycles. The number of nitrogens with one attached hydrogen (secondary N) is 1. The highest BCUT2D eigenvalue weighted by Crippen LogP contribution is 2.46. The van der Waals surface area contributed by atoms with E-state index in [1.54, 1.807) is 0 Å². The third-order valence-electron chi connectivity index (χ3n) is 4.51. The predicted octanol–water partition coefficient (Wildman–Crippen LogP) is 3.72. The molecule has 1 saturated carbocycles. The first kappa shape index (κ1) is 15.0. The fourth-order valence-electron chi connectivity index (χ4n) is 3.37. The van der Waals surface area contributed by atoms with E-state index >= 15 is 0 Å². The SMILES string of the molecule is CCNC1C(Sc2ccc3c(c2)OCCO3)CCC1(C)C. The summed E-state index contributed by atoms with van der Waals surface area (Å²) in [5.41, 5.74) is 0.376. The Bertz CT molecular complexity index is 504. The first-order valence-corrected chi connectivity index (χ1v) is 8.78. The molecule has 3 nitrogen and oxygen atoms in total. The van der Waals surface area contributed by atoms with E-state index in [0.717, 1.165) is 18.0 Å². The van der Waals surface area contributed by atoms with Crippen LogP contribution < -0.4 is 14.8 Å². The van der Waals surface area contributed by atoms with Crippen LogP contribution in [0.5, 0.6) is 11.5 Å². The minimum absolute atomic E-state index is 0.376. The fraction of sp³-hybridized carbons (Fsp3) is 0.647. The van der Waals surface area contributed by atoms with Crippen LogP contribution >= 0.6 is 11.8 Å². The van der Waals surface area contributed by atoms with E-state index < -0.39 is 0 Å². The summed E-state index contributed by atoms with van der Waals surface area (Å²) in [7, 11) is 0. The largest absolute Gasteiger partial charge is 0.486 e. The van der Waals surface area contributed by atoms with Crippen molar-refractivity contribution in [2.75, 3.05) is 19.8 Å². The van der Waals surface area contributed by atoms with Gasteiger partial charge in [-0.05, 0) is 43.0 Å². The molecule has 0 bridgehead atoms. The number of ether oxygens (including phenoxy) is 2. The van der Waals surface area contributed by atoms with Gasteiger partial charge in [-0.3, -0.25) is 0 Å². The second kappa shape index (κ2) is 6.09. The molecule has 1 aromatic rings. The Morgan fingerprint density at radius 3 is 2.76 bits per heavy atom. The summed E-state index contributed by atoms with van der Waals surface area (Å²) < 4.78 is 11.3. The normalized spacial score (nSPS) is 26.8. The molecule has 0 radical (unpaired) electrons. The Labute approximate surface area is 131 Å². The maximum absolute atomic E-state index is 5.69. The van der Waals surface area contributed by atoms with Crippen LogP contribution in [0.15, 0.2) is 23.1 Å². The molecule has 2 unspecified atom stereocenters. The van der Waals surface area contributed by atoms with Gasteiger partial charge in [0, 0.05) is 16.2 Å². The standard InChI is InChI=1S/C17H25NO2S/c1-4-18-16-15(7-8-17(16,2)3)21-12-5-6-13-14(11-12)20-10-9-19-13/h5-6,11,15-16,18H,4,7-10H2,1-3H3. The van der Waals surface area contributed by atoms with Crippen molar-refractivity contribution < 1.29 is 9.47 Å². The van der Waals surface area contributed by atoms with Crippen LogP contribution in [0.4, 0.5) is 0 Å². The van der Waals surface area contributed by atoms with E-state index in [-0.39, 0.29) is 0 Å². The molecule has 0 aromatic heterocycles. The molecule has 1 aromatic carbocycles. The second-order valence-corrected chi connectivity index (χ2v) is 7.84. The van der Waals surface area contributed by atoms with E-state index in [2.05, 4.69) is 38.2 Å².